The van der Waals surface area contributed by atoms with Gasteiger partial charge in [-0.3, -0.25) is 4.98 Å². The van der Waals surface area contributed by atoms with E-state index in [4.69, 9.17) is 0 Å². The molecule has 17 heavy (non-hydrogen) atoms. The molecule has 0 bridgehead atoms. The number of benzene rings is 1. The summed E-state index contributed by atoms with van der Waals surface area (Å²) in [5.41, 5.74) is 2.54. The largest absolute Gasteiger partial charge is 0.319 e. The van der Waals surface area contributed by atoms with Gasteiger partial charge in [0.1, 0.15) is 0 Å². The van der Waals surface area contributed by atoms with E-state index in [1.807, 2.05) is 25.5 Å². The molecule has 0 amide bonds. The summed E-state index contributed by atoms with van der Waals surface area (Å²) in [5, 5.41) is 3.24. The number of halogens is 1. The van der Waals surface area contributed by atoms with Gasteiger partial charge in [0.25, 0.3) is 0 Å². The van der Waals surface area contributed by atoms with Gasteiger partial charge in [-0.25, -0.2) is 0 Å². The summed E-state index contributed by atoms with van der Waals surface area (Å²) >= 11 is 3.46. The molecule has 1 unspecified atom stereocenters. The van der Waals surface area contributed by atoms with E-state index < -0.39 is 0 Å². The van der Waals surface area contributed by atoms with Gasteiger partial charge >= 0.3 is 0 Å². The van der Waals surface area contributed by atoms with Crippen LogP contribution in [0.3, 0.4) is 0 Å². The van der Waals surface area contributed by atoms with Crippen LogP contribution < -0.4 is 5.32 Å². The topological polar surface area (TPSA) is 24.9 Å². The fourth-order valence-electron chi connectivity index (χ4n) is 1.91. The van der Waals surface area contributed by atoms with Crippen LogP contribution in [-0.2, 0) is 0 Å². The minimum absolute atomic E-state index is 0.349. The SMILES string of the molecule is CNCC(c1ccc(Br)cc1)c1cccnc1. The molecule has 1 aromatic carbocycles. The van der Waals surface area contributed by atoms with E-state index in [1.54, 1.807) is 0 Å². The van der Waals surface area contributed by atoms with E-state index in [2.05, 4.69) is 56.6 Å². The smallest absolute Gasteiger partial charge is 0.0306 e. The normalized spacial score (nSPS) is 12.4. The van der Waals surface area contributed by atoms with E-state index in [1.165, 1.54) is 11.1 Å². The van der Waals surface area contributed by atoms with Crippen LogP contribution in [0.15, 0.2) is 53.3 Å². The number of aromatic nitrogens is 1. The summed E-state index contributed by atoms with van der Waals surface area (Å²) in [4.78, 5) is 4.19. The number of pyridine rings is 1. The third kappa shape index (κ3) is 3.14. The molecule has 1 heterocycles. The van der Waals surface area contributed by atoms with Crippen molar-refractivity contribution in [3.8, 4) is 0 Å². The Morgan fingerprint density at radius 3 is 2.53 bits per heavy atom. The first-order chi connectivity index (χ1) is 8.31. The van der Waals surface area contributed by atoms with E-state index in [0.717, 1.165) is 11.0 Å². The maximum absolute atomic E-state index is 4.19. The molecule has 1 N–H and O–H groups in total. The first kappa shape index (κ1) is 12.3. The Bertz CT molecular complexity index is 453. The molecule has 0 spiro atoms. The second-order valence-electron chi connectivity index (χ2n) is 3.95. The number of rotatable bonds is 4. The van der Waals surface area contributed by atoms with E-state index in [0.29, 0.717) is 5.92 Å². The number of nitrogens with one attached hydrogen (secondary N) is 1. The van der Waals surface area contributed by atoms with Crippen LogP contribution >= 0.6 is 15.9 Å². The van der Waals surface area contributed by atoms with Crippen molar-refractivity contribution in [2.45, 2.75) is 5.92 Å². The fourth-order valence-corrected chi connectivity index (χ4v) is 2.17. The lowest BCUT2D eigenvalue weighted by molar-refractivity contribution is 0.705. The lowest BCUT2D eigenvalue weighted by Gasteiger charge is -2.17. The first-order valence-electron chi connectivity index (χ1n) is 5.61. The van der Waals surface area contributed by atoms with Crippen LogP contribution in [0.2, 0.25) is 0 Å². The number of hydrogen-bond acceptors (Lipinski definition) is 2. The lowest BCUT2D eigenvalue weighted by atomic mass is 9.92. The molecule has 0 aliphatic carbocycles. The van der Waals surface area contributed by atoms with Crippen molar-refractivity contribution >= 4 is 15.9 Å². The zero-order valence-electron chi connectivity index (χ0n) is 9.73. The van der Waals surface area contributed by atoms with Gasteiger partial charge in [0, 0.05) is 29.3 Å². The Labute approximate surface area is 110 Å². The molecule has 0 saturated carbocycles. The zero-order valence-corrected chi connectivity index (χ0v) is 11.3. The third-order valence-electron chi connectivity index (χ3n) is 2.77. The molecule has 2 nitrogen and oxygen atoms in total. The number of nitrogens with zero attached hydrogens (tertiary/aromatic N) is 1. The lowest BCUT2D eigenvalue weighted by Crippen LogP contribution is -2.18. The highest BCUT2D eigenvalue weighted by Crippen LogP contribution is 2.24. The summed E-state index contributed by atoms with van der Waals surface area (Å²) in [6.45, 7) is 0.910. The van der Waals surface area contributed by atoms with Crippen LogP contribution in [0.1, 0.15) is 17.0 Å². The highest BCUT2D eigenvalue weighted by atomic mass is 79.9. The van der Waals surface area contributed by atoms with Crippen molar-refractivity contribution in [2.75, 3.05) is 13.6 Å². The molecule has 3 heteroatoms. The van der Waals surface area contributed by atoms with Gasteiger partial charge < -0.3 is 5.32 Å². The summed E-state index contributed by atoms with van der Waals surface area (Å²) in [7, 11) is 1.97. The van der Waals surface area contributed by atoms with Crippen molar-refractivity contribution < 1.29 is 0 Å². The number of likely N-dealkylation sites (N-methyl/N-ethyl adjacent to an activating group) is 1. The molecular weight excluding hydrogens is 276 g/mol. The predicted octanol–water partition coefficient (Wildman–Crippen LogP) is 3.20. The average Bonchev–Trinajstić information content (AvgIpc) is 2.38. The van der Waals surface area contributed by atoms with Crippen molar-refractivity contribution in [3.63, 3.8) is 0 Å². The quantitative estimate of drug-likeness (QED) is 0.935. The second kappa shape index (κ2) is 5.94. The maximum atomic E-state index is 4.19. The van der Waals surface area contributed by atoms with Crippen molar-refractivity contribution in [1.29, 1.82) is 0 Å². The van der Waals surface area contributed by atoms with Crippen LogP contribution in [0.5, 0.6) is 0 Å². The van der Waals surface area contributed by atoms with E-state index in [9.17, 15) is 0 Å². The van der Waals surface area contributed by atoms with E-state index in [-0.39, 0.29) is 0 Å². The van der Waals surface area contributed by atoms with Crippen LogP contribution in [0.25, 0.3) is 0 Å². The van der Waals surface area contributed by atoms with Gasteiger partial charge in [-0.2, -0.15) is 0 Å². The minimum Gasteiger partial charge on any atom is -0.319 e. The molecule has 0 aliphatic rings. The maximum Gasteiger partial charge on any atom is 0.0306 e. The van der Waals surface area contributed by atoms with Gasteiger partial charge in [-0.1, -0.05) is 34.1 Å². The Morgan fingerprint density at radius 2 is 1.94 bits per heavy atom. The highest BCUT2D eigenvalue weighted by Gasteiger charge is 2.12. The molecule has 0 fully saturated rings. The van der Waals surface area contributed by atoms with E-state index >= 15 is 0 Å². The van der Waals surface area contributed by atoms with Crippen molar-refractivity contribution in [2.24, 2.45) is 0 Å². The fraction of sp³-hybridized carbons (Fsp3) is 0.214. The average molecular weight is 291 g/mol. The molecule has 0 saturated heterocycles. The highest BCUT2D eigenvalue weighted by molar-refractivity contribution is 9.10. The molecule has 0 aliphatic heterocycles. The second-order valence-corrected chi connectivity index (χ2v) is 4.86. The van der Waals surface area contributed by atoms with Crippen LogP contribution in [-0.4, -0.2) is 18.6 Å². The van der Waals surface area contributed by atoms with Gasteiger partial charge in [-0.05, 0) is 36.4 Å². The third-order valence-corrected chi connectivity index (χ3v) is 3.30. The first-order valence-corrected chi connectivity index (χ1v) is 6.40. The van der Waals surface area contributed by atoms with Gasteiger partial charge in [0.2, 0.25) is 0 Å². The standard InChI is InChI=1S/C14H15BrN2/c1-16-10-14(12-3-2-8-17-9-12)11-4-6-13(15)7-5-11/h2-9,14,16H,10H2,1H3. The minimum atomic E-state index is 0.349. The summed E-state index contributed by atoms with van der Waals surface area (Å²) in [5.74, 6) is 0.349. The summed E-state index contributed by atoms with van der Waals surface area (Å²) < 4.78 is 1.11. The Kier molecular flexibility index (Phi) is 4.29. The zero-order chi connectivity index (χ0) is 12.1. The molecule has 2 rings (SSSR count). The summed E-state index contributed by atoms with van der Waals surface area (Å²) in [6.07, 6.45) is 3.74. The Morgan fingerprint density at radius 1 is 1.18 bits per heavy atom. The summed E-state index contributed by atoms with van der Waals surface area (Å²) in [6, 6.07) is 12.6. The Hall–Kier alpha value is -1.19. The van der Waals surface area contributed by atoms with Crippen LogP contribution in [0.4, 0.5) is 0 Å². The molecule has 1 aromatic heterocycles. The molecular formula is C14H15BrN2. The molecule has 0 radical (unpaired) electrons. The van der Waals surface area contributed by atoms with Crippen LogP contribution in [0, 0.1) is 0 Å². The van der Waals surface area contributed by atoms with Gasteiger partial charge in [0.05, 0.1) is 0 Å². The molecule has 2 aromatic rings. The Balaban J connectivity index is 2.32. The monoisotopic (exact) mass is 290 g/mol. The van der Waals surface area contributed by atoms with Gasteiger partial charge in [0.15, 0.2) is 0 Å². The van der Waals surface area contributed by atoms with Gasteiger partial charge in [-0.15, -0.1) is 0 Å². The molecule has 1 atom stereocenters. The van der Waals surface area contributed by atoms with Crippen molar-refractivity contribution in [1.82, 2.24) is 10.3 Å². The predicted molar refractivity (Wildman–Crippen MR) is 74.1 cm³/mol. The number of hydrogen-bond donors (Lipinski definition) is 1. The molecule has 88 valence electrons. The van der Waals surface area contributed by atoms with Crippen molar-refractivity contribution in [3.05, 3.63) is 64.4 Å².